The Morgan fingerprint density at radius 3 is 2.62 bits per heavy atom. The number of nitrogens with zero attached hydrogens (tertiary/aromatic N) is 2. The molecule has 2 saturated heterocycles. The van der Waals surface area contributed by atoms with Crippen LogP contribution in [0, 0.1) is 5.92 Å². The third kappa shape index (κ3) is 5.51. The van der Waals surface area contributed by atoms with E-state index in [1.165, 1.54) is 39.0 Å². The lowest BCUT2D eigenvalue weighted by molar-refractivity contribution is 0.00406. The van der Waals surface area contributed by atoms with E-state index in [0.717, 1.165) is 25.6 Å². The summed E-state index contributed by atoms with van der Waals surface area (Å²) < 4.78 is 6.22. The SMILES string of the molecule is CCN1CCN(CC2CCC(CNCC(C)C)O2)CC1C. The van der Waals surface area contributed by atoms with Crippen molar-refractivity contribution in [1.29, 1.82) is 0 Å². The minimum atomic E-state index is 0.433. The molecule has 2 fully saturated rings. The molecule has 2 aliphatic rings. The van der Waals surface area contributed by atoms with Crippen LogP contribution in [-0.4, -0.2) is 73.9 Å². The van der Waals surface area contributed by atoms with Crippen LogP contribution >= 0.6 is 0 Å². The summed E-state index contributed by atoms with van der Waals surface area (Å²) in [7, 11) is 0. The molecule has 2 aliphatic heterocycles. The Labute approximate surface area is 131 Å². The molecule has 0 aliphatic carbocycles. The van der Waals surface area contributed by atoms with Crippen molar-refractivity contribution in [1.82, 2.24) is 15.1 Å². The fourth-order valence-electron chi connectivity index (χ4n) is 3.59. The molecule has 4 nitrogen and oxygen atoms in total. The molecular weight excluding hydrogens is 262 g/mol. The number of ether oxygens (including phenoxy) is 1. The van der Waals surface area contributed by atoms with Gasteiger partial charge in [0, 0.05) is 38.8 Å². The Morgan fingerprint density at radius 1 is 1.19 bits per heavy atom. The molecule has 0 radical (unpaired) electrons. The first-order valence-corrected chi connectivity index (χ1v) is 8.91. The van der Waals surface area contributed by atoms with Crippen molar-refractivity contribution in [3.05, 3.63) is 0 Å². The fraction of sp³-hybridized carbons (Fsp3) is 1.00. The van der Waals surface area contributed by atoms with Gasteiger partial charge in [0.1, 0.15) is 0 Å². The van der Waals surface area contributed by atoms with Crippen LogP contribution in [-0.2, 0) is 4.74 Å². The van der Waals surface area contributed by atoms with E-state index in [9.17, 15) is 0 Å². The summed E-state index contributed by atoms with van der Waals surface area (Å²) in [6.45, 7) is 17.2. The average Bonchev–Trinajstić information content (AvgIpc) is 2.86. The molecule has 2 rings (SSSR count). The van der Waals surface area contributed by atoms with Gasteiger partial charge in [0.15, 0.2) is 0 Å². The summed E-state index contributed by atoms with van der Waals surface area (Å²) in [6.07, 6.45) is 3.34. The van der Waals surface area contributed by atoms with E-state index in [0.29, 0.717) is 18.2 Å². The van der Waals surface area contributed by atoms with E-state index in [1.54, 1.807) is 0 Å². The van der Waals surface area contributed by atoms with Gasteiger partial charge in [-0.2, -0.15) is 0 Å². The second-order valence-corrected chi connectivity index (χ2v) is 7.25. The summed E-state index contributed by atoms with van der Waals surface area (Å²) in [6, 6.07) is 0.689. The third-order valence-corrected chi connectivity index (χ3v) is 4.84. The van der Waals surface area contributed by atoms with E-state index >= 15 is 0 Å². The van der Waals surface area contributed by atoms with Crippen molar-refractivity contribution in [2.45, 2.75) is 58.8 Å². The van der Waals surface area contributed by atoms with Crippen LogP contribution in [0.15, 0.2) is 0 Å². The molecule has 0 spiro atoms. The maximum absolute atomic E-state index is 6.22. The molecule has 1 N–H and O–H groups in total. The second-order valence-electron chi connectivity index (χ2n) is 7.25. The number of piperazine rings is 1. The van der Waals surface area contributed by atoms with Crippen LogP contribution in [0.3, 0.4) is 0 Å². The van der Waals surface area contributed by atoms with Gasteiger partial charge in [-0.05, 0) is 38.8 Å². The molecule has 0 aromatic carbocycles. The smallest absolute Gasteiger partial charge is 0.0707 e. The van der Waals surface area contributed by atoms with Crippen molar-refractivity contribution in [3.8, 4) is 0 Å². The predicted octanol–water partition coefficient (Wildman–Crippen LogP) is 1.81. The number of hydrogen-bond donors (Lipinski definition) is 1. The molecule has 2 heterocycles. The molecular formula is C17H35N3O. The third-order valence-electron chi connectivity index (χ3n) is 4.84. The van der Waals surface area contributed by atoms with Gasteiger partial charge in [0.2, 0.25) is 0 Å². The predicted molar refractivity (Wildman–Crippen MR) is 88.8 cm³/mol. The van der Waals surface area contributed by atoms with E-state index in [2.05, 4.69) is 42.8 Å². The van der Waals surface area contributed by atoms with Crippen LogP contribution in [0.25, 0.3) is 0 Å². The number of likely N-dealkylation sites (N-methyl/N-ethyl adjacent to an activating group) is 1. The lowest BCUT2D eigenvalue weighted by atomic mass is 10.1. The maximum Gasteiger partial charge on any atom is 0.0707 e. The first-order chi connectivity index (χ1) is 10.1. The molecule has 0 aromatic rings. The first-order valence-electron chi connectivity index (χ1n) is 8.91. The van der Waals surface area contributed by atoms with Gasteiger partial charge in [-0.25, -0.2) is 0 Å². The van der Waals surface area contributed by atoms with Gasteiger partial charge in [-0.15, -0.1) is 0 Å². The highest BCUT2D eigenvalue weighted by Gasteiger charge is 2.29. The molecule has 0 aromatic heterocycles. The molecule has 4 heteroatoms. The Balaban J connectivity index is 1.64. The topological polar surface area (TPSA) is 27.7 Å². The summed E-state index contributed by atoms with van der Waals surface area (Å²) in [5.41, 5.74) is 0. The number of nitrogens with one attached hydrogen (secondary N) is 1. The summed E-state index contributed by atoms with van der Waals surface area (Å²) >= 11 is 0. The molecule has 3 atom stereocenters. The zero-order valence-corrected chi connectivity index (χ0v) is 14.5. The van der Waals surface area contributed by atoms with Gasteiger partial charge in [-0.1, -0.05) is 20.8 Å². The normalized spacial score (nSPS) is 32.1. The average molecular weight is 297 g/mol. The van der Waals surface area contributed by atoms with E-state index in [4.69, 9.17) is 4.74 Å². The van der Waals surface area contributed by atoms with E-state index in [-0.39, 0.29) is 0 Å². The molecule has 0 bridgehead atoms. The minimum Gasteiger partial charge on any atom is -0.372 e. The zero-order chi connectivity index (χ0) is 15.2. The standard InChI is InChI=1S/C17H35N3O/c1-5-20-9-8-19(12-15(20)4)13-17-7-6-16(21-17)11-18-10-14(2)3/h14-18H,5-13H2,1-4H3. The molecule has 0 amide bonds. The Hall–Kier alpha value is -0.160. The quantitative estimate of drug-likeness (QED) is 0.775. The van der Waals surface area contributed by atoms with Gasteiger partial charge in [0.05, 0.1) is 12.2 Å². The number of hydrogen-bond acceptors (Lipinski definition) is 4. The molecule has 124 valence electrons. The van der Waals surface area contributed by atoms with Crippen LogP contribution in [0.5, 0.6) is 0 Å². The van der Waals surface area contributed by atoms with Crippen molar-refractivity contribution in [3.63, 3.8) is 0 Å². The zero-order valence-electron chi connectivity index (χ0n) is 14.5. The fourth-order valence-corrected chi connectivity index (χ4v) is 3.59. The highest BCUT2D eigenvalue weighted by atomic mass is 16.5. The summed E-state index contributed by atoms with van der Waals surface area (Å²) in [5.74, 6) is 0.721. The summed E-state index contributed by atoms with van der Waals surface area (Å²) in [4.78, 5) is 5.18. The van der Waals surface area contributed by atoms with Crippen molar-refractivity contribution >= 4 is 0 Å². The molecule has 21 heavy (non-hydrogen) atoms. The summed E-state index contributed by atoms with van der Waals surface area (Å²) in [5, 5.41) is 3.53. The first kappa shape index (κ1) is 17.2. The van der Waals surface area contributed by atoms with Crippen molar-refractivity contribution in [2.75, 3.05) is 45.8 Å². The van der Waals surface area contributed by atoms with Crippen LogP contribution in [0.1, 0.15) is 40.5 Å². The minimum absolute atomic E-state index is 0.433. The Morgan fingerprint density at radius 2 is 1.95 bits per heavy atom. The van der Waals surface area contributed by atoms with Gasteiger partial charge < -0.3 is 10.1 Å². The van der Waals surface area contributed by atoms with Gasteiger partial charge >= 0.3 is 0 Å². The van der Waals surface area contributed by atoms with Crippen LogP contribution in [0.4, 0.5) is 0 Å². The Bertz CT molecular complexity index is 298. The van der Waals surface area contributed by atoms with E-state index in [1.807, 2.05) is 0 Å². The second kappa shape index (κ2) is 8.47. The van der Waals surface area contributed by atoms with Crippen molar-refractivity contribution in [2.24, 2.45) is 5.92 Å². The number of rotatable bonds is 7. The van der Waals surface area contributed by atoms with Gasteiger partial charge in [0.25, 0.3) is 0 Å². The Kier molecular flexibility index (Phi) is 6.93. The lowest BCUT2D eigenvalue weighted by Crippen LogP contribution is -2.53. The van der Waals surface area contributed by atoms with Crippen LogP contribution < -0.4 is 5.32 Å². The van der Waals surface area contributed by atoms with E-state index < -0.39 is 0 Å². The monoisotopic (exact) mass is 297 g/mol. The van der Waals surface area contributed by atoms with Gasteiger partial charge in [-0.3, -0.25) is 9.80 Å². The largest absolute Gasteiger partial charge is 0.372 e. The van der Waals surface area contributed by atoms with Crippen LogP contribution in [0.2, 0.25) is 0 Å². The van der Waals surface area contributed by atoms with Crippen molar-refractivity contribution < 1.29 is 4.74 Å². The molecule has 3 unspecified atom stereocenters. The lowest BCUT2D eigenvalue weighted by Gasteiger charge is -2.40. The molecule has 0 saturated carbocycles. The highest BCUT2D eigenvalue weighted by molar-refractivity contribution is 4.83. The maximum atomic E-state index is 6.22. The highest BCUT2D eigenvalue weighted by Crippen LogP contribution is 2.21.